The molecule has 1 aromatic heterocycles. The van der Waals surface area contributed by atoms with Crippen molar-refractivity contribution in [3.63, 3.8) is 0 Å². The molecule has 0 fully saturated rings. The fourth-order valence-electron chi connectivity index (χ4n) is 1.42. The van der Waals surface area contributed by atoms with Crippen molar-refractivity contribution in [2.24, 2.45) is 11.8 Å². The highest BCUT2D eigenvalue weighted by Crippen LogP contribution is 2.03. The van der Waals surface area contributed by atoms with Gasteiger partial charge in [0.25, 0.3) is 0 Å². The van der Waals surface area contributed by atoms with Crippen molar-refractivity contribution in [2.45, 2.75) is 47.2 Å². The van der Waals surface area contributed by atoms with E-state index in [9.17, 15) is 0 Å². The van der Waals surface area contributed by atoms with E-state index in [1.165, 1.54) is 6.42 Å². The average Bonchev–Trinajstić information content (AvgIpc) is 2.65. The summed E-state index contributed by atoms with van der Waals surface area (Å²) in [5, 5.41) is 7.78. The summed E-state index contributed by atoms with van der Waals surface area (Å²) in [6.07, 6.45) is 3.01. The number of rotatable bonds is 7. The summed E-state index contributed by atoms with van der Waals surface area (Å²) < 4.78 is 1.94. The second-order valence-corrected chi connectivity index (χ2v) is 4.92. The molecule has 0 saturated carbocycles. The maximum atomic E-state index is 4.44. The molecule has 0 amide bonds. The van der Waals surface area contributed by atoms with E-state index in [1.54, 1.807) is 0 Å². The maximum absolute atomic E-state index is 4.44. The minimum absolute atomic E-state index is 0.665. The van der Waals surface area contributed by atoms with Crippen LogP contribution in [0.4, 0.5) is 0 Å². The van der Waals surface area contributed by atoms with Gasteiger partial charge in [-0.15, -0.1) is 0 Å². The third-order valence-electron chi connectivity index (χ3n) is 2.62. The zero-order valence-corrected chi connectivity index (χ0v) is 10.9. The minimum Gasteiger partial charge on any atom is -0.310 e. The van der Waals surface area contributed by atoms with E-state index in [-0.39, 0.29) is 0 Å². The number of nitrogens with one attached hydrogen (secondary N) is 1. The van der Waals surface area contributed by atoms with E-state index >= 15 is 0 Å². The van der Waals surface area contributed by atoms with Gasteiger partial charge >= 0.3 is 0 Å². The first-order valence-electron chi connectivity index (χ1n) is 6.20. The molecule has 0 bridgehead atoms. The van der Waals surface area contributed by atoms with Crippen molar-refractivity contribution < 1.29 is 0 Å². The van der Waals surface area contributed by atoms with E-state index in [0.717, 1.165) is 25.5 Å². The van der Waals surface area contributed by atoms with Crippen molar-refractivity contribution in [3.05, 3.63) is 12.2 Å². The summed E-state index contributed by atoms with van der Waals surface area (Å²) in [4.78, 5) is 4.29. The van der Waals surface area contributed by atoms with Crippen LogP contribution in [0.25, 0.3) is 0 Å². The molecule has 0 aliphatic carbocycles. The summed E-state index contributed by atoms with van der Waals surface area (Å²) in [6, 6.07) is 0. The molecular weight excluding hydrogens is 200 g/mol. The van der Waals surface area contributed by atoms with Crippen molar-refractivity contribution in [2.75, 3.05) is 6.54 Å². The lowest BCUT2D eigenvalue weighted by Gasteiger charge is -2.07. The van der Waals surface area contributed by atoms with Gasteiger partial charge in [0.1, 0.15) is 6.33 Å². The highest BCUT2D eigenvalue weighted by Gasteiger charge is 2.04. The second kappa shape index (κ2) is 6.63. The molecule has 16 heavy (non-hydrogen) atoms. The van der Waals surface area contributed by atoms with Crippen molar-refractivity contribution in [1.29, 1.82) is 0 Å². The van der Waals surface area contributed by atoms with Gasteiger partial charge < -0.3 is 5.32 Å². The molecule has 0 aliphatic rings. The van der Waals surface area contributed by atoms with Crippen LogP contribution in [0.1, 0.15) is 39.9 Å². The van der Waals surface area contributed by atoms with E-state index in [0.29, 0.717) is 11.8 Å². The van der Waals surface area contributed by atoms with Gasteiger partial charge in [0.05, 0.1) is 6.54 Å². The van der Waals surface area contributed by atoms with E-state index in [2.05, 4.69) is 43.1 Å². The zero-order valence-electron chi connectivity index (χ0n) is 10.9. The molecule has 0 spiro atoms. The van der Waals surface area contributed by atoms with Crippen LogP contribution >= 0.6 is 0 Å². The standard InChI is InChI=1S/C12H24N4/c1-5-11(4)8-16-9-14-12(15-16)7-13-6-10(2)3/h9-11,13H,5-8H2,1-4H3. The van der Waals surface area contributed by atoms with Crippen molar-refractivity contribution in [1.82, 2.24) is 20.1 Å². The molecule has 1 atom stereocenters. The summed E-state index contributed by atoms with van der Waals surface area (Å²) >= 11 is 0. The highest BCUT2D eigenvalue weighted by atomic mass is 15.3. The Bertz CT molecular complexity index is 293. The van der Waals surface area contributed by atoms with Gasteiger partial charge in [0.15, 0.2) is 5.82 Å². The Balaban J connectivity index is 2.33. The lowest BCUT2D eigenvalue weighted by Crippen LogP contribution is -2.20. The molecule has 0 radical (unpaired) electrons. The minimum atomic E-state index is 0.665. The number of nitrogens with zero attached hydrogens (tertiary/aromatic N) is 3. The van der Waals surface area contributed by atoms with Crippen LogP contribution in [0, 0.1) is 11.8 Å². The predicted molar refractivity (Wildman–Crippen MR) is 66.0 cm³/mol. The van der Waals surface area contributed by atoms with Gasteiger partial charge in [-0.1, -0.05) is 34.1 Å². The van der Waals surface area contributed by atoms with Crippen LogP contribution in [0.3, 0.4) is 0 Å². The van der Waals surface area contributed by atoms with Crippen LogP contribution in [0.5, 0.6) is 0 Å². The number of aromatic nitrogens is 3. The SMILES string of the molecule is CCC(C)Cn1cnc(CNCC(C)C)n1. The number of hydrogen-bond donors (Lipinski definition) is 1. The topological polar surface area (TPSA) is 42.7 Å². The maximum Gasteiger partial charge on any atom is 0.164 e. The molecule has 4 nitrogen and oxygen atoms in total. The van der Waals surface area contributed by atoms with Crippen molar-refractivity contribution >= 4 is 0 Å². The molecule has 1 N–H and O–H groups in total. The lowest BCUT2D eigenvalue weighted by molar-refractivity contribution is 0.434. The zero-order chi connectivity index (χ0) is 12.0. The molecule has 1 heterocycles. The van der Waals surface area contributed by atoms with Gasteiger partial charge in [-0.2, -0.15) is 5.10 Å². The van der Waals surface area contributed by atoms with Gasteiger partial charge in [-0.25, -0.2) is 4.98 Å². The molecule has 0 aromatic carbocycles. The molecule has 0 aliphatic heterocycles. The van der Waals surface area contributed by atoms with Gasteiger partial charge in [-0.3, -0.25) is 4.68 Å². The van der Waals surface area contributed by atoms with Crippen molar-refractivity contribution in [3.8, 4) is 0 Å². The quantitative estimate of drug-likeness (QED) is 0.771. The van der Waals surface area contributed by atoms with E-state index < -0.39 is 0 Å². The Morgan fingerprint density at radius 3 is 2.75 bits per heavy atom. The van der Waals surface area contributed by atoms with Crippen LogP contribution in [0.2, 0.25) is 0 Å². The molecule has 1 rings (SSSR count). The van der Waals surface area contributed by atoms with Crippen LogP contribution in [0.15, 0.2) is 6.33 Å². The summed E-state index contributed by atoms with van der Waals surface area (Å²) in [7, 11) is 0. The third kappa shape index (κ3) is 4.75. The molecule has 92 valence electrons. The smallest absolute Gasteiger partial charge is 0.164 e. The first-order valence-corrected chi connectivity index (χ1v) is 6.20. The Morgan fingerprint density at radius 1 is 1.38 bits per heavy atom. The van der Waals surface area contributed by atoms with Gasteiger partial charge in [-0.05, 0) is 18.4 Å². The van der Waals surface area contributed by atoms with Gasteiger partial charge in [0.2, 0.25) is 0 Å². The monoisotopic (exact) mass is 224 g/mol. The Labute approximate surface area is 98.5 Å². The fraction of sp³-hybridized carbons (Fsp3) is 0.833. The summed E-state index contributed by atoms with van der Waals surface area (Å²) in [5.41, 5.74) is 0. The Kier molecular flexibility index (Phi) is 5.46. The molecule has 0 saturated heterocycles. The van der Waals surface area contributed by atoms with E-state index in [1.807, 2.05) is 11.0 Å². The third-order valence-corrected chi connectivity index (χ3v) is 2.62. The lowest BCUT2D eigenvalue weighted by atomic mass is 10.1. The average molecular weight is 224 g/mol. The van der Waals surface area contributed by atoms with Gasteiger partial charge in [0, 0.05) is 6.54 Å². The largest absolute Gasteiger partial charge is 0.310 e. The summed E-state index contributed by atoms with van der Waals surface area (Å²) in [6.45, 7) is 11.6. The van der Waals surface area contributed by atoms with E-state index in [4.69, 9.17) is 0 Å². The molecule has 4 heteroatoms. The molecule has 1 unspecified atom stereocenters. The van der Waals surface area contributed by atoms with Crippen LogP contribution in [-0.4, -0.2) is 21.3 Å². The molecule has 1 aromatic rings. The first kappa shape index (κ1) is 13.2. The number of hydrogen-bond acceptors (Lipinski definition) is 3. The highest BCUT2D eigenvalue weighted by molar-refractivity contribution is 4.81. The normalized spacial score (nSPS) is 13.3. The molecular formula is C12H24N4. The fourth-order valence-corrected chi connectivity index (χ4v) is 1.42. The van der Waals surface area contributed by atoms with Crippen LogP contribution in [-0.2, 0) is 13.1 Å². The summed E-state index contributed by atoms with van der Waals surface area (Å²) in [5.74, 6) is 2.23. The predicted octanol–water partition coefficient (Wildman–Crippen LogP) is 2.07. The Hall–Kier alpha value is -0.900. The Morgan fingerprint density at radius 2 is 2.12 bits per heavy atom. The van der Waals surface area contributed by atoms with Crippen LogP contribution < -0.4 is 5.32 Å². The first-order chi connectivity index (χ1) is 7.61. The second-order valence-electron chi connectivity index (χ2n) is 4.92.